The van der Waals surface area contributed by atoms with Gasteiger partial charge in [0.25, 0.3) is 0 Å². The molecule has 1 N–H and O–H groups in total. The third kappa shape index (κ3) is 2.52. The molecular weight excluding hydrogens is 214 g/mol. The molecule has 15 heavy (non-hydrogen) atoms. The van der Waals surface area contributed by atoms with E-state index in [1.807, 2.05) is 11.9 Å². The van der Waals surface area contributed by atoms with E-state index in [9.17, 15) is 13.5 Å². The minimum atomic E-state index is -3.01. The van der Waals surface area contributed by atoms with Crippen molar-refractivity contribution >= 4 is 9.84 Å². The molecule has 1 saturated heterocycles. The van der Waals surface area contributed by atoms with E-state index in [1.165, 1.54) is 19.3 Å². The van der Waals surface area contributed by atoms with Gasteiger partial charge in [-0.3, -0.25) is 4.90 Å². The van der Waals surface area contributed by atoms with Gasteiger partial charge in [-0.1, -0.05) is 6.42 Å². The fourth-order valence-electron chi connectivity index (χ4n) is 2.45. The van der Waals surface area contributed by atoms with Crippen molar-refractivity contribution in [3.63, 3.8) is 0 Å². The molecule has 0 aromatic rings. The van der Waals surface area contributed by atoms with Crippen LogP contribution in [0.3, 0.4) is 0 Å². The van der Waals surface area contributed by atoms with Crippen LogP contribution < -0.4 is 0 Å². The van der Waals surface area contributed by atoms with Crippen LogP contribution in [0.25, 0.3) is 0 Å². The van der Waals surface area contributed by atoms with E-state index in [4.69, 9.17) is 0 Å². The van der Waals surface area contributed by atoms with Gasteiger partial charge in [-0.05, 0) is 25.8 Å². The highest BCUT2D eigenvalue weighted by molar-refractivity contribution is 7.91. The van der Waals surface area contributed by atoms with E-state index in [-0.39, 0.29) is 17.5 Å². The van der Waals surface area contributed by atoms with Crippen molar-refractivity contribution in [3.8, 4) is 0 Å². The molecule has 2 rings (SSSR count). The summed E-state index contributed by atoms with van der Waals surface area (Å²) in [7, 11) is -1.08. The zero-order valence-electron chi connectivity index (χ0n) is 9.09. The van der Waals surface area contributed by atoms with Gasteiger partial charge in [0, 0.05) is 6.54 Å². The summed E-state index contributed by atoms with van der Waals surface area (Å²) in [6.07, 6.45) is 3.10. The van der Waals surface area contributed by atoms with Crippen molar-refractivity contribution in [1.29, 1.82) is 0 Å². The number of nitrogens with zero attached hydrogens (tertiary/aromatic N) is 1. The van der Waals surface area contributed by atoms with Gasteiger partial charge in [0.1, 0.15) is 0 Å². The Morgan fingerprint density at radius 2 is 2.00 bits per heavy atom. The lowest BCUT2D eigenvalue weighted by Crippen LogP contribution is -2.43. The highest BCUT2D eigenvalue weighted by Gasteiger charge is 2.39. The lowest BCUT2D eigenvalue weighted by molar-refractivity contribution is 0.0787. The van der Waals surface area contributed by atoms with Gasteiger partial charge in [-0.2, -0.15) is 0 Å². The Bertz CT molecular complexity index is 324. The summed E-state index contributed by atoms with van der Waals surface area (Å²) in [6, 6.07) is -0.185. The molecule has 1 saturated carbocycles. The summed E-state index contributed by atoms with van der Waals surface area (Å²) < 4.78 is 22.7. The third-order valence-corrected chi connectivity index (χ3v) is 5.33. The summed E-state index contributed by atoms with van der Waals surface area (Å²) >= 11 is 0. The van der Waals surface area contributed by atoms with Crippen LogP contribution in [0.5, 0.6) is 0 Å². The van der Waals surface area contributed by atoms with Gasteiger partial charge >= 0.3 is 0 Å². The molecule has 4 nitrogen and oxygen atoms in total. The Kier molecular flexibility index (Phi) is 3.05. The van der Waals surface area contributed by atoms with Crippen molar-refractivity contribution in [2.75, 3.05) is 25.1 Å². The number of hydrogen-bond acceptors (Lipinski definition) is 4. The molecule has 0 radical (unpaired) electrons. The molecule has 1 aliphatic heterocycles. The van der Waals surface area contributed by atoms with Crippen molar-refractivity contribution in [1.82, 2.24) is 4.90 Å². The molecule has 1 aliphatic carbocycles. The van der Waals surface area contributed by atoms with Crippen LogP contribution in [-0.2, 0) is 9.84 Å². The van der Waals surface area contributed by atoms with E-state index in [0.29, 0.717) is 5.92 Å². The standard InChI is InChI=1S/C10H19NO3S/c1-11(5-8-3-2-4-8)9-6-15(13,14)7-10(9)12/h8-10,12H,2-7H2,1H3. The molecule has 2 fully saturated rings. The molecule has 5 heteroatoms. The number of aliphatic hydroxyl groups excluding tert-OH is 1. The zero-order chi connectivity index (χ0) is 11.1. The molecule has 0 aromatic carbocycles. The molecule has 0 aromatic heterocycles. The summed E-state index contributed by atoms with van der Waals surface area (Å²) in [4.78, 5) is 2.03. The molecular formula is C10H19NO3S. The highest BCUT2D eigenvalue weighted by atomic mass is 32.2. The Morgan fingerprint density at radius 3 is 2.40 bits per heavy atom. The van der Waals surface area contributed by atoms with Crippen molar-refractivity contribution in [3.05, 3.63) is 0 Å². The normalized spacial score (nSPS) is 35.7. The lowest BCUT2D eigenvalue weighted by Gasteiger charge is -2.33. The van der Waals surface area contributed by atoms with Crippen LogP contribution in [0.15, 0.2) is 0 Å². The zero-order valence-corrected chi connectivity index (χ0v) is 9.91. The topological polar surface area (TPSA) is 57.6 Å². The summed E-state index contributed by atoms with van der Waals surface area (Å²) in [5.41, 5.74) is 0. The number of likely N-dealkylation sites (N-methyl/N-ethyl adjacent to an activating group) is 1. The second kappa shape index (κ2) is 4.03. The van der Waals surface area contributed by atoms with E-state index >= 15 is 0 Å². The summed E-state index contributed by atoms with van der Waals surface area (Å²) in [6.45, 7) is 0.928. The van der Waals surface area contributed by atoms with Gasteiger partial charge < -0.3 is 5.11 Å². The van der Waals surface area contributed by atoms with Gasteiger partial charge in [-0.15, -0.1) is 0 Å². The molecule has 0 spiro atoms. The second-order valence-corrected chi connectivity index (χ2v) is 7.10. The smallest absolute Gasteiger partial charge is 0.154 e. The SMILES string of the molecule is CN(CC1CCC1)C1CS(=O)(=O)CC1O. The van der Waals surface area contributed by atoms with E-state index in [2.05, 4.69) is 0 Å². The molecule has 88 valence electrons. The highest BCUT2D eigenvalue weighted by Crippen LogP contribution is 2.28. The molecule has 1 heterocycles. The predicted octanol–water partition coefficient (Wildman–Crippen LogP) is -0.124. The van der Waals surface area contributed by atoms with Crippen molar-refractivity contribution < 1.29 is 13.5 Å². The Labute approximate surface area is 91.2 Å². The minimum absolute atomic E-state index is 0.0628. The summed E-state index contributed by atoms with van der Waals surface area (Å²) in [5, 5.41) is 9.68. The van der Waals surface area contributed by atoms with Crippen LogP contribution in [0.1, 0.15) is 19.3 Å². The third-order valence-electron chi connectivity index (χ3n) is 3.63. The maximum atomic E-state index is 11.3. The molecule has 0 amide bonds. The number of sulfone groups is 1. The van der Waals surface area contributed by atoms with Gasteiger partial charge in [-0.25, -0.2) is 8.42 Å². The number of hydrogen-bond donors (Lipinski definition) is 1. The first-order valence-electron chi connectivity index (χ1n) is 5.57. The van der Waals surface area contributed by atoms with Crippen LogP contribution in [0.2, 0.25) is 0 Å². The lowest BCUT2D eigenvalue weighted by atomic mass is 9.85. The maximum absolute atomic E-state index is 11.3. The molecule has 0 bridgehead atoms. The number of aliphatic hydroxyl groups is 1. The average molecular weight is 233 g/mol. The van der Waals surface area contributed by atoms with Crippen molar-refractivity contribution in [2.24, 2.45) is 5.92 Å². The van der Waals surface area contributed by atoms with E-state index < -0.39 is 15.9 Å². The summed E-state index contributed by atoms with van der Waals surface area (Å²) in [5.74, 6) is 0.773. The maximum Gasteiger partial charge on any atom is 0.154 e. The minimum Gasteiger partial charge on any atom is -0.390 e. The molecule has 2 unspecified atom stereocenters. The first kappa shape index (κ1) is 11.4. The van der Waals surface area contributed by atoms with Gasteiger partial charge in [0.2, 0.25) is 0 Å². The number of rotatable bonds is 3. The first-order valence-corrected chi connectivity index (χ1v) is 7.39. The van der Waals surface area contributed by atoms with E-state index in [0.717, 1.165) is 6.54 Å². The van der Waals surface area contributed by atoms with Gasteiger partial charge in [0.05, 0.1) is 23.7 Å². The quantitative estimate of drug-likeness (QED) is 0.738. The predicted molar refractivity (Wildman–Crippen MR) is 58.4 cm³/mol. The second-order valence-electron chi connectivity index (χ2n) is 4.95. The molecule has 2 aliphatic rings. The van der Waals surface area contributed by atoms with Crippen LogP contribution in [-0.4, -0.2) is 55.7 Å². The first-order chi connectivity index (χ1) is 6.98. The monoisotopic (exact) mass is 233 g/mol. The largest absolute Gasteiger partial charge is 0.390 e. The van der Waals surface area contributed by atoms with Gasteiger partial charge in [0.15, 0.2) is 9.84 Å². The van der Waals surface area contributed by atoms with Crippen LogP contribution in [0, 0.1) is 5.92 Å². The Morgan fingerprint density at radius 1 is 1.33 bits per heavy atom. The van der Waals surface area contributed by atoms with E-state index in [1.54, 1.807) is 0 Å². The molecule has 2 atom stereocenters. The van der Waals surface area contributed by atoms with Crippen LogP contribution >= 0.6 is 0 Å². The Hall–Kier alpha value is -0.130. The Balaban J connectivity index is 1.92. The van der Waals surface area contributed by atoms with Crippen LogP contribution in [0.4, 0.5) is 0 Å². The average Bonchev–Trinajstić information content (AvgIpc) is 2.32. The van der Waals surface area contributed by atoms with Crippen molar-refractivity contribution in [2.45, 2.75) is 31.4 Å². The fraction of sp³-hybridized carbons (Fsp3) is 1.00. The fourth-order valence-corrected chi connectivity index (χ4v) is 4.33.